The molecule has 0 radical (unpaired) electrons. The Morgan fingerprint density at radius 3 is 2.70 bits per heavy atom. The first-order chi connectivity index (χ1) is 10.7. The molecule has 5 nitrogen and oxygen atoms in total. The summed E-state index contributed by atoms with van der Waals surface area (Å²) in [6, 6.07) is 0. The highest BCUT2D eigenvalue weighted by Crippen LogP contribution is 2.35. The summed E-state index contributed by atoms with van der Waals surface area (Å²) >= 11 is 9.19. The van der Waals surface area contributed by atoms with Crippen LogP contribution in [-0.4, -0.2) is 34.5 Å². The van der Waals surface area contributed by atoms with E-state index in [-0.39, 0.29) is 5.28 Å². The highest BCUT2D eigenvalue weighted by Gasteiger charge is 2.17. The number of nitrogens with one attached hydrogen (secondary N) is 1. The second-order valence-electron chi connectivity index (χ2n) is 6.01. The van der Waals surface area contributed by atoms with Gasteiger partial charge in [-0.05, 0) is 57.5 Å². The van der Waals surface area contributed by atoms with E-state index in [1.165, 1.54) is 4.88 Å². The summed E-state index contributed by atoms with van der Waals surface area (Å²) in [5.41, 5.74) is 1.50. The molecule has 0 fully saturated rings. The minimum Gasteiger partial charge on any atom is -0.444 e. The number of ether oxygens (including phenoxy) is 1. The molecule has 2 aromatic rings. The summed E-state index contributed by atoms with van der Waals surface area (Å²) in [6.45, 7) is 8.06. The number of carbonyl (C=O) groups excluding carboxylic acids is 1. The number of aryl methyl sites for hydroxylation is 1. The zero-order chi connectivity index (χ0) is 17.2. The Morgan fingerprint density at radius 1 is 1.39 bits per heavy atom. The van der Waals surface area contributed by atoms with Crippen molar-refractivity contribution in [3.05, 3.63) is 15.7 Å². The van der Waals surface area contributed by atoms with Crippen LogP contribution in [0.3, 0.4) is 0 Å². The summed E-state index contributed by atoms with van der Waals surface area (Å²) < 4.78 is 6.28. The van der Waals surface area contributed by atoms with Crippen molar-refractivity contribution < 1.29 is 9.53 Å². The van der Waals surface area contributed by atoms with Crippen LogP contribution in [0.2, 0.25) is 5.28 Å². The lowest BCUT2D eigenvalue weighted by molar-refractivity contribution is 0.0528. The monoisotopic (exact) mass is 373 g/mol. The lowest BCUT2D eigenvalue weighted by Gasteiger charge is -2.19. The molecule has 2 aromatic heterocycles. The van der Waals surface area contributed by atoms with Gasteiger partial charge in [0.2, 0.25) is 5.28 Å². The lowest BCUT2D eigenvalue weighted by atomic mass is 10.2. The molecule has 0 aromatic carbocycles. The molecule has 0 bridgehead atoms. The summed E-state index contributed by atoms with van der Waals surface area (Å²) in [5, 5.41) is 3.93. The first-order valence-corrected chi connectivity index (χ1v) is 9.59. The maximum Gasteiger partial charge on any atom is 0.407 e. The van der Waals surface area contributed by atoms with Gasteiger partial charge in [-0.25, -0.2) is 14.8 Å². The number of nitrogens with zero attached hydrogens (tertiary/aromatic N) is 2. The van der Waals surface area contributed by atoms with Gasteiger partial charge in [-0.1, -0.05) is 0 Å². The maximum absolute atomic E-state index is 11.7. The summed E-state index contributed by atoms with van der Waals surface area (Å²) in [4.78, 5) is 21.4. The minimum atomic E-state index is -0.489. The fourth-order valence-corrected chi connectivity index (χ4v) is 4.23. The molecule has 0 aliphatic heterocycles. The number of thioether (sulfide) groups is 1. The molecule has 0 atom stereocenters. The van der Waals surface area contributed by atoms with Gasteiger partial charge >= 0.3 is 6.09 Å². The number of alkyl carbamates (subject to hydrolysis) is 1. The van der Waals surface area contributed by atoms with E-state index in [9.17, 15) is 4.79 Å². The summed E-state index contributed by atoms with van der Waals surface area (Å²) in [7, 11) is 0. The van der Waals surface area contributed by atoms with E-state index >= 15 is 0 Å². The number of rotatable bonds is 4. The number of hydrogen-bond acceptors (Lipinski definition) is 6. The zero-order valence-electron chi connectivity index (χ0n) is 13.8. The molecular weight excluding hydrogens is 354 g/mol. The van der Waals surface area contributed by atoms with Crippen molar-refractivity contribution in [2.24, 2.45) is 0 Å². The molecule has 1 amide bonds. The Kier molecular flexibility index (Phi) is 5.75. The van der Waals surface area contributed by atoms with Gasteiger partial charge < -0.3 is 10.1 Å². The molecular formula is C15H20ClN3O2S2. The van der Waals surface area contributed by atoms with Crippen LogP contribution < -0.4 is 5.32 Å². The number of hydrogen-bond donors (Lipinski definition) is 1. The molecule has 0 saturated heterocycles. The topological polar surface area (TPSA) is 64.1 Å². The van der Waals surface area contributed by atoms with Crippen molar-refractivity contribution in [2.75, 3.05) is 12.8 Å². The normalized spacial score (nSPS) is 11.7. The van der Waals surface area contributed by atoms with Crippen LogP contribution in [0.5, 0.6) is 0 Å². The summed E-state index contributed by atoms with van der Waals surface area (Å²) in [6.07, 6.45) is 2.29. The molecule has 8 heteroatoms. The van der Waals surface area contributed by atoms with Crippen molar-refractivity contribution in [2.45, 2.75) is 44.7 Å². The SMILES string of the molecule is CSc1nc(Cl)nc2c(C)c(CCNC(=O)OC(C)(C)C)sc12. The van der Waals surface area contributed by atoms with E-state index in [0.717, 1.165) is 27.2 Å². The second kappa shape index (κ2) is 7.23. The van der Waals surface area contributed by atoms with Gasteiger partial charge in [-0.15, -0.1) is 23.1 Å². The molecule has 0 unspecified atom stereocenters. The molecule has 0 saturated carbocycles. The van der Waals surface area contributed by atoms with Crippen LogP contribution in [0.1, 0.15) is 31.2 Å². The van der Waals surface area contributed by atoms with E-state index in [0.29, 0.717) is 6.54 Å². The second-order valence-corrected chi connectivity index (χ2v) is 8.25. The van der Waals surface area contributed by atoms with Gasteiger partial charge in [-0.2, -0.15) is 0 Å². The average molecular weight is 374 g/mol. The minimum absolute atomic E-state index is 0.265. The van der Waals surface area contributed by atoms with Crippen molar-refractivity contribution in [3.63, 3.8) is 0 Å². The van der Waals surface area contributed by atoms with Crippen LogP contribution in [0.15, 0.2) is 5.03 Å². The van der Waals surface area contributed by atoms with E-state index in [2.05, 4.69) is 15.3 Å². The number of aromatic nitrogens is 2. The molecule has 0 aliphatic rings. The third-order valence-corrected chi connectivity index (χ3v) is 5.35. The maximum atomic E-state index is 11.7. The molecule has 126 valence electrons. The van der Waals surface area contributed by atoms with E-state index < -0.39 is 11.7 Å². The van der Waals surface area contributed by atoms with Gasteiger partial charge in [0, 0.05) is 11.4 Å². The highest BCUT2D eigenvalue weighted by molar-refractivity contribution is 7.98. The number of amides is 1. The first kappa shape index (κ1) is 18.3. The van der Waals surface area contributed by atoms with Crippen LogP contribution in [0, 0.1) is 6.92 Å². The van der Waals surface area contributed by atoms with Crippen molar-refractivity contribution in [3.8, 4) is 0 Å². The molecule has 2 rings (SSSR count). The van der Waals surface area contributed by atoms with Crippen LogP contribution in [-0.2, 0) is 11.2 Å². The molecule has 0 spiro atoms. The predicted octanol–water partition coefficient (Wildman–Crippen LogP) is 4.44. The Hall–Kier alpha value is -1.05. The van der Waals surface area contributed by atoms with Crippen LogP contribution in [0.25, 0.3) is 10.2 Å². The van der Waals surface area contributed by atoms with Gasteiger partial charge in [0.25, 0.3) is 0 Å². The van der Waals surface area contributed by atoms with Crippen molar-refractivity contribution >= 4 is 51.0 Å². The number of carbonyl (C=O) groups is 1. The average Bonchev–Trinajstić information content (AvgIpc) is 2.73. The van der Waals surface area contributed by atoms with Gasteiger partial charge in [0.05, 0.1) is 10.2 Å². The van der Waals surface area contributed by atoms with Gasteiger partial charge in [-0.3, -0.25) is 0 Å². The Bertz CT molecular complexity index is 726. The number of thiophene rings is 1. The number of halogens is 1. The van der Waals surface area contributed by atoms with Crippen molar-refractivity contribution in [1.29, 1.82) is 0 Å². The van der Waals surface area contributed by atoms with Crippen LogP contribution >= 0.6 is 34.7 Å². The smallest absolute Gasteiger partial charge is 0.407 e. The standard InChI is InChI=1S/C15H20ClN3O2S2/c1-8-9(6-7-17-14(20)21-15(2,3)4)23-11-10(8)18-13(16)19-12(11)22-5/h6-7H2,1-5H3,(H,17,20). The molecule has 1 N–H and O–H groups in total. The largest absolute Gasteiger partial charge is 0.444 e. The van der Waals surface area contributed by atoms with E-state index in [1.807, 2.05) is 34.0 Å². The van der Waals surface area contributed by atoms with Gasteiger partial charge in [0.1, 0.15) is 10.6 Å². The van der Waals surface area contributed by atoms with Gasteiger partial charge in [0.15, 0.2) is 0 Å². The Morgan fingerprint density at radius 2 is 2.09 bits per heavy atom. The molecule has 2 heterocycles. The first-order valence-electron chi connectivity index (χ1n) is 7.17. The third-order valence-electron chi connectivity index (χ3n) is 3.02. The quantitative estimate of drug-likeness (QED) is 0.487. The predicted molar refractivity (Wildman–Crippen MR) is 96.9 cm³/mol. The van der Waals surface area contributed by atoms with Crippen molar-refractivity contribution in [1.82, 2.24) is 15.3 Å². The highest BCUT2D eigenvalue weighted by atomic mass is 35.5. The number of fused-ring (bicyclic) bond motifs is 1. The Balaban J connectivity index is 2.09. The fraction of sp³-hybridized carbons (Fsp3) is 0.533. The molecule has 23 heavy (non-hydrogen) atoms. The Labute approximate surface area is 149 Å². The fourth-order valence-electron chi connectivity index (χ4n) is 2.05. The molecule has 0 aliphatic carbocycles. The zero-order valence-corrected chi connectivity index (χ0v) is 16.2. The van der Waals surface area contributed by atoms with E-state index in [1.54, 1.807) is 23.1 Å². The van der Waals surface area contributed by atoms with Crippen LogP contribution in [0.4, 0.5) is 4.79 Å². The third kappa shape index (κ3) is 4.71. The lowest BCUT2D eigenvalue weighted by Crippen LogP contribution is -2.33. The summed E-state index contributed by atoms with van der Waals surface area (Å²) in [5.74, 6) is 0. The van der Waals surface area contributed by atoms with E-state index in [4.69, 9.17) is 16.3 Å².